The molecule has 0 saturated heterocycles. The second-order valence-electron chi connectivity index (χ2n) is 4.22. The Morgan fingerprint density at radius 2 is 2.25 bits per heavy atom. The molecule has 1 N–H and O–H groups in total. The summed E-state index contributed by atoms with van der Waals surface area (Å²) in [6.45, 7) is 7.81. The third-order valence-corrected chi connectivity index (χ3v) is 3.45. The Labute approximate surface area is 101 Å². The van der Waals surface area contributed by atoms with E-state index in [1.807, 2.05) is 6.92 Å². The maximum atomic E-state index is 11.5. The summed E-state index contributed by atoms with van der Waals surface area (Å²) in [5.41, 5.74) is 1.59. The van der Waals surface area contributed by atoms with Crippen molar-refractivity contribution in [1.82, 2.24) is 4.37 Å². The average Bonchev–Trinajstić information content (AvgIpc) is 2.56. The summed E-state index contributed by atoms with van der Waals surface area (Å²) in [4.78, 5) is 11.5. The zero-order valence-corrected chi connectivity index (χ0v) is 11.3. The molecule has 0 spiro atoms. The maximum absolute atomic E-state index is 11.5. The van der Waals surface area contributed by atoms with Crippen molar-refractivity contribution in [3.8, 4) is 0 Å². The molecule has 1 aromatic rings. The molecule has 1 rings (SSSR count). The number of rotatable bonds is 6. The number of carbonyl (C=O) groups excluding carboxylic acids is 1. The van der Waals surface area contributed by atoms with E-state index in [0.29, 0.717) is 6.04 Å². The van der Waals surface area contributed by atoms with E-state index in [1.54, 1.807) is 6.92 Å². The molecule has 0 bridgehead atoms. The van der Waals surface area contributed by atoms with Gasteiger partial charge in [-0.15, -0.1) is 0 Å². The predicted octanol–water partition coefficient (Wildman–Crippen LogP) is 3.64. The molecule has 0 aliphatic carbocycles. The van der Waals surface area contributed by atoms with E-state index in [2.05, 4.69) is 23.5 Å². The van der Waals surface area contributed by atoms with Crippen molar-refractivity contribution in [3.05, 3.63) is 11.3 Å². The minimum absolute atomic E-state index is 0.0939. The third-order valence-electron chi connectivity index (χ3n) is 2.58. The Balaban J connectivity index is 2.70. The molecule has 0 aliphatic rings. The summed E-state index contributed by atoms with van der Waals surface area (Å²) in [5.74, 6) is 0.0939. The lowest BCUT2D eigenvalue weighted by atomic mass is 10.1. The van der Waals surface area contributed by atoms with Crippen LogP contribution in [0.2, 0.25) is 0 Å². The summed E-state index contributed by atoms with van der Waals surface area (Å²) < 4.78 is 4.23. The molecule has 4 heteroatoms. The van der Waals surface area contributed by atoms with Crippen LogP contribution in [0.25, 0.3) is 0 Å². The Morgan fingerprint density at radius 1 is 1.56 bits per heavy atom. The highest BCUT2D eigenvalue weighted by Gasteiger charge is 2.15. The molecule has 1 unspecified atom stereocenters. The highest BCUT2D eigenvalue weighted by Crippen LogP contribution is 2.26. The van der Waals surface area contributed by atoms with Crippen molar-refractivity contribution in [2.45, 2.75) is 53.0 Å². The predicted molar refractivity (Wildman–Crippen MR) is 69.5 cm³/mol. The van der Waals surface area contributed by atoms with Crippen molar-refractivity contribution in [2.75, 3.05) is 5.32 Å². The quantitative estimate of drug-likeness (QED) is 0.772. The topological polar surface area (TPSA) is 42.0 Å². The Bertz CT molecular complexity index is 360. The highest BCUT2D eigenvalue weighted by molar-refractivity contribution is 7.10. The van der Waals surface area contributed by atoms with Crippen LogP contribution >= 0.6 is 11.5 Å². The molecule has 3 nitrogen and oxygen atoms in total. The number of aromatic nitrogens is 1. The lowest BCUT2D eigenvalue weighted by Crippen LogP contribution is -2.15. The van der Waals surface area contributed by atoms with Gasteiger partial charge in [-0.2, -0.15) is 4.37 Å². The number of hydrogen-bond acceptors (Lipinski definition) is 4. The molecular formula is C12H20N2OS. The summed E-state index contributed by atoms with van der Waals surface area (Å²) in [5, 5.41) is 4.31. The normalized spacial score (nSPS) is 12.5. The number of hydrogen-bond donors (Lipinski definition) is 1. The number of unbranched alkanes of at least 4 members (excludes halogenated alkanes) is 1. The summed E-state index contributed by atoms with van der Waals surface area (Å²) >= 11 is 1.38. The minimum Gasteiger partial charge on any atom is -0.373 e. The molecule has 1 atom stereocenters. The fraction of sp³-hybridized carbons (Fsp3) is 0.667. The van der Waals surface area contributed by atoms with Crippen molar-refractivity contribution in [2.24, 2.45) is 0 Å². The van der Waals surface area contributed by atoms with Gasteiger partial charge in [-0.3, -0.25) is 4.79 Å². The van der Waals surface area contributed by atoms with Gasteiger partial charge in [0.1, 0.15) is 5.00 Å². The molecule has 0 aromatic carbocycles. The van der Waals surface area contributed by atoms with Gasteiger partial charge in [0.25, 0.3) is 0 Å². The SMILES string of the molecule is CCCCC(C)Nc1snc(C)c1C(C)=O. The monoisotopic (exact) mass is 240 g/mol. The van der Waals surface area contributed by atoms with Crippen molar-refractivity contribution in [1.29, 1.82) is 0 Å². The van der Waals surface area contributed by atoms with E-state index in [0.717, 1.165) is 22.7 Å². The number of nitrogens with zero attached hydrogens (tertiary/aromatic N) is 1. The van der Waals surface area contributed by atoms with Gasteiger partial charge in [0.2, 0.25) is 0 Å². The summed E-state index contributed by atoms with van der Waals surface area (Å²) in [7, 11) is 0. The van der Waals surface area contributed by atoms with Gasteiger partial charge in [0.05, 0.1) is 11.3 Å². The molecule has 1 aromatic heterocycles. The van der Waals surface area contributed by atoms with E-state index < -0.39 is 0 Å². The van der Waals surface area contributed by atoms with Gasteiger partial charge in [0.15, 0.2) is 5.78 Å². The first-order valence-corrected chi connectivity index (χ1v) is 6.57. The van der Waals surface area contributed by atoms with E-state index >= 15 is 0 Å². The molecule has 0 aliphatic heterocycles. The van der Waals surface area contributed by atoms with E-state index in [1.165, 1.54) is 24.4 Å². The first-order valence-electron chi connectivity index (χ1n) is 5.80. The van der Waals surface area contributed by atoms with E-state index in [-0.39, 0.29) is 5.78 Å². The molecule has 90 valence electrons. The molecule has 1 heterocycles. The number of anilines is 1. The molecule has 0 amide bonds. The lowest BCUT2D eigenvalue weighted by molar-refractivity contribution is 0.101. The molecule has 0 saturated carbocycles. The van der Waals surface area contributed by atoms with Gasteiger partial charge in [-0.05, 0) is 38.7 Å². The van der Waals surface area contributed by atoms with Gasteiger partial charge in [-0.25, -0.2) is 0 Å². The number of aryl methyl sites for hydroxylation is 1. The van der Waals surface area contributed by atoms with Gasteiger partial charge in [0, 0.05) is 6.04 Å². The maximum Gasteiger partial charge on any atom is 0.164 e. The number of carbonyl (C=O) groups is 1. The van der Waals surface area contributed by atoms with Crippen LogP contribution in [0.5, 0.6) is 0 Å². The van der Waals surface area contributed by atoms with Gasteiger partial charge in [-0.1, -0.05) is 19.8 Å². The van der Waals surface area contributed by atoms with Crippen LogP contribution in [0.4, 0.5) is 5.00 Å². The number of nitrogens with one attached hydrogen (secondary N) is 1. The number of Topliss-reactive ketones (excluding diaryl/α,β-unsaturated/α-hetero) is 1. The Kier molecular flexibility index (Phi) is 4.93. The van der Waals surface area contributed by atoms with Gasteiger partial charge < -0.3 is 5.32 Å². The Hall–Kier alpha value is -0.900. The average molecular weight is 240 g/mol. The van der Waals surface area contributed by atoms with Crippen LogP contribution < -0.4 is 5.32 Å². The van der Waals surface area contributed by atoms with Crippen LogP contribution in [0.3, 0.4) is 0 Å². The van der Waals surface area contributed by atoms with Crippen molar-refractivity contribution < 1.29 is 4.79 Å². The second kappa shape index (κ2) is 5.99. The van der Waals surface area contributed by atoms with Crippen LogP contribution in [-0.2, 0) is 0 Å². The highest BCUT2D eigenvalue weighted by atomic mass is 32.1. The zero-order chi connectivity index (χ0) is 12.1. The molecule has 0 radical (unpaired) electrons. The van der Waals surface area contributed by atoms with Crippen molar-refractivity contribution >= 4 is 22.3 Å². The van der Waals surface area contributed by atoms with E-state index in [9.17, 15) is 4.79 Å². The van der Waals surface area contributed by atoms with Crippen LogP contribution in [0, 0.1) is 6.92 Å². The third kappa shape index (κ3) is 3.30. The van der Waals surface area contributed by atoms with Gasteiger partial charge >= 0.3 is 0 Å². The number of ketones is 1. The zero-order valence-electron chi connectivity index (χ0n) is 10.5. The molecule has 0 fully saturated rings. The first kappa shape index (κ1) is 13.2. The van der Waals surface area contributed by atoms with Crippen LogP contribution in [0.15, 0.2) is 0 Å². The minimum atomic E-state index is 0.0939. The lowest BCUT2D eigenvalue weighted by Gasteiger charge is -2.13. The summed E-state index contributed by atoms with van der Waals surface area (Å²) in [6, 6.07) is 0.401. The Morgan fingerprint density at radius 3 is 2.81 bits per heavy atom. The fourth-order valence-corrected chi connectivity index (χ4v) is 2.65. The molecular weight excluding hydrogens is 220 g/mol. The largest absolute Gasteiger partial charge is 0.373 e. The standard InChI is InChI=1S/C12H20N2OS/c1-5-6-7-8(2)13-12-11(10(4)15)9(3)14-16-12/h8,13H,5-7H2,1-4H3. The molecule has 16 heavy (non-hydrogen) atoms. The van der Waals surface area contributed by atoms with Crippen molar-refractivity contribution in [3.63, 3.8) is 0 Å². The van der Waals surface area contributed by atoms with Crippen LogP contribution in [0.1, 0.15) is 56.1 Å². The summed E-state index contributed by atoms with van der Waals surface area (Å²) in [6.07, 6.45) is 3.54. The second-order valence-corrected chi connectivity index (χ2v) is 4.99. The van der Waals surface area contributed by atoms with E-state index in [4.69, 9.17) is 0 Å². The smallest absolute Gasteiger partial charge is 0.164 e. The van der Waals surface area contributed by atoms with Crippen LogP contribution in [-0.4, -0.2) is 16.2 Å². The fourth-order valence-electron chi connectivity index (χ4n) is 1.69. The first-order chi connectivity index (χ1) is 7.56.